The Kier molecular flexibility index (Phi) is 13.4. The first kappa shape index (κ1) is 28.3. The summed E-state index contributed by atoms with van der Waals surface area (Å²) in [5.74, 6) is 2.85. The number of hydrogen-bond acceptors (Lipinski definition) is 1. The number of allylic oxidation sites excluding steroid dienone is 10. The lowest BCUT2D eigenvalue weighted by Gasteiger charge is -2.03. The van der Waals surface area contributed by atoms with Gasteiger partial charge in [0.15, 0.2) is 0 Å². The molecule has 1 unspecified atom stereocenters. The largest absolute Gasteiger partial charge is 0.367 e. The topological polar surface area (TPSA) is 12.5 Å². The Morgan fingerprint density at radius 2 is 1.19 bits per heavy atom. The van der Waals surface area contributed by atoms with E-state index in [0.717, 1.165) is 69.8 Å². The summed E-state index contributed by atoms with van der Waals surface area (Å²) in [6.45, 7) is 15.4. The molecule has 0 aromatic rings. The Labute approximate surface area is 199 Å². The maximum absolute atomic E-state index is 5.67. The first-order valence-electron chi connectivity index (χ1n) is 12.6. The molecule has 1 atom stereocenters. The number of ether oxygens (including phenoxy) is 1. The van der Waals surface area contributed by atoms with Crippen LogP contribution in [0.5, 0.6) is 0 Å². The quantitative estimate of drug-likeness (QED) is 0.108. The van der Waals surface area contributed by atoms with Gasteiger partial charge in [0.2, 0.25) is 0 Å². The van der Waals surface area contributed by atoms with E-state index in [9.17, 15) is 0 Å². The van der Waals surface area contributed by atoms with Crippen LogP contribution in [0.15, 0.2) is 58.2 Å². The predicted molar refractivity (Wildman–Crippen MR) is 143 cm³/mol. The molecule has 1 heteroatoms. The summed E-state index contributed by atoms with van der Waals surface area (Å²) in [6.07, 6.45) is 28.9. The maximum atomic E-state index is 5.67. The van der Waals surface area contributed by atoms with Gasteiger partial charge in [0, 0.05) is 0 Å². The molecule has 0 spiro atoms. The highest BCUT2D eigenvalue weighted by Crippen LogP contribution is 2.38. The van der Waals surface area contributed by atoms with Crippen LogP contribution in [0.2, 0.25) is 0 Å². The molecular formula is C31H48O. The first-order valence-corrected chi connectivity index (χ1v) is 12.6. The van der Waals surface area contributed by atoms with Crippen LogP contribution < -0.4 is 0 Å². The van der Waals surface area contributed by atoms with Gasteiger partial charge in [-0.25, -0.2) is 0 Å². The number of hydrogen-bond donors (Lipinski definition) is 0. The van der Waals surface area contributed by atoms with Crippen molar-refractivity contribution in [1.29, 1.82) is 0 Å². The van der Waals surface area contributed by atoms with E-state index < -0.39 is 0 Å². The van der Waals surface area contributed by atoms with Crippen molar-refractivity contribution >= 4 is 0 Å². The maximum Gasteiger partial charge on any atom is 0.0892 e. The van der Waals surface area contributed by atoms with Crippen molar-refractivity contribution in [2.75, 3.05) is 0 Å². The van der Waals surface area contributed by atoms with Crippen LogP contribution in [0.3, 0.4) is 0 Å². The zero-order chi connectivity index (χ0) is 24.0. The van der Waals surface area contributed by atoms with Crippen molar-refractivity contribution in [1.82, 2.24) is 0 Å². The van der Waals surface area contributed by atoms with E-state index in [1.54, 1.807) is 0 Å². The summed E-state index contributed by atoms with van der Waals surface area (Å²) in [6, 6.07) is 0. The fourth-order valence-corrected chi connectivity index (χ4v) is 3.83. The summed E-state index contributed by atoms with van der Waals surface area (Å²) in [7, 11) is 0. The van der Waals surface area contributed by atoms with Crippen LogP contribution in [0, 0.1) is 12.3 Å². The third-order valence-corrected chi connectivity index (χ3v) is 6.23. The average molecular weight is 437 g/mol. The number of epoxide rings is 1. The highest BCUT2D eigenvalue weighted by atomic mass is 16.6. The fourth-order valence-electron chi connectivity index (χ4n) is 3.83. The molecule has 1 aliphatic heterocycles. The summed E-state index contributed by atoms with van der Waals surface area (Å²) >= 11 is 0. The molecular weight excluding hydrogens is 388 g/mol. The SMILES string of the molecule is C#C/C(=C\CC/C(C)=C/CC/C=C(\C)CC/C=C(\C)CCC1OC1(C)C)CCC=C(C)C. The average Bonchev–Trinajstić information content (AvgIpc) is 3.34. The zero-order valence-electron chi connectivity index (χ0n) is 22.0. The molecule has 0 radical (unpaired) electrons. The smallest absolute Gasteiger partial charge is 0.0892 e. The minimum Gasteiger partial charge on any atom is -0.367 e. The van der Waals surface area contributed by atoms with E-state index in [1.807, 2.05) is 0 Å². The van der Waals surface area contributed by atoms with Crippen molar-refractivity contribution < 1.29 is 4.74 Å². The van der Waals surface area contributed by atoms with Gasteiger partial charge in [0.1, 0.15) is 0 Å². The number of rotatable bonds is 15. The molecule has 0 amide bonds. The van der Waals surface area contributed by atoms with Crippen LogP contribution in [0.1, 0.15) is 113 Å². The van der Waals surface area contributed by atoms with Crippen molar-refractivity contribution in [2.45, 2.75) is 124 Å². The minimum atomic E-state index is 0.124. The number of terminal acetylenes is 1. The molecule has 178 valence electrons. The molecule has 0 aliphatic carbocycles. The molecule has 0 bridgehead atoms. The molecule has 0 saturated carbocycles. The predicted octanol–water partition coefficient (Wildman–Crippen LogP) is 9.43. The van der Waals surface area contributed by atoms with Gasteiger partial charge < -0.3 is 4.74 Å². The van der Waals surface area contributed by atoms with Crippen LogP contribution in [0.25, 0.3) is 0 Å². The van der Waals surface area contributed by atoms with E-state index in [1.165, 1.54) is 22.3 Å². The zero-order valence-corrected chi connectivity index (χ0v) is 22.0. The second-order valence-corrected chi connectivity index (χ2v) is 10.2. The molecule has 1 saturated heterocycles. The Bertz CT molecular complexity index is 757. The van der Waals surface area contributed by atoms with Gasteiger partial charge in [-0.3, -0.25) is 0 Å². The molecule has 0 N–H and O–H groups in total. The Balaban J connectivity index is 2.21. The van der Waals surface area contributed by atoms with E-state index in [4.69, 9.17) is 11.2 Å². The third kappa shape index (κ3) is 13.6. The number of unbranched alkanes of at least 4 members (excludes halogenated alkanes) is 1. The molecule has 1 nitrogen and oxygen atoms in total. The normalized spacial score (nSPS) is 19.0. The van der Waals surface area contributed by atoms with Crippen molar-refractivity contribution in [3.05, 3.63) is 58.2 Å². The van der Waals surface area contributed by atoms with E-state index in [-0.39, 0.29) is 5.60 Å². The molecule has 0 aromatic carbocycles. The highest BCUT2D eigenvalue weighted by molar-refractivity contribution is 5.26. The van der Waals surface area contributed by atoms with Crippen molar-refractivity contribution in [3.8, 4) is 12.3 Å². The van der Waals surface area contributed by atoms with Gasteiger partial charge in [-0.15, -0.1) is 6.42 Å². The molecule has 0 aromatic heterocycles. The van der Waals surface area contributed by atoms with Gasteiger partial charge in [-0.05, 0) is 118 Å². The van der Waals surface area contributed by atoms with Crippen molar-refractivity contribution in [2.24, 2.45) is 0 Å². The van der Waals surface area contributed by atoms with Crippen LogP contribution in [-0.4, -0.2) is 11.7 Å². The van der Waals surface area contributed by atoms with Gasteiger partial charge in [-0.1, -0.05) is 58.6 Å². The lowest BCUT2D eigenvalue weighted by molar-refractivity contribution is 0.320. The standard InChI is InChI=1S/C31H48O/c1-9-29(21-12-15-25(2)3)22-14-20-27(5)17-11-10-16-26(4)18-13-19-28(6)23-24-30-31(7,8)32-30/h1,15-17,19,22,30H,10-14,18,20-21,23-24H2,2-8H3/b26-16+,27-17+,28-19+,29-22+. The first-order chi connectivity index (χ1) is 15.1. The summed E-state index contributed by atoms with van der Waals surface area (Å²) < 4.78 is 5.67. The van der Waals surface area contributed by atoms with E-state index in [0.29, 0.717) is 6.10 Å². The van der Waals surface area contributed by atoms with Crippen LogP contribution >= 0.6 is 0 Å². The van der Waals surface area contributed by atoms with Crippen LogP contribution in [-0.2, 0) is 4.74 Å². The molecule has 32 heavy (non-hydrogen) atoms. The van der Waals surface area contributed by atoms with E-state index in [2.05, 4.69) is 84.8 Å². The van der Waals surface area contributed by atoms with Gasteiger partial charge >= 0.3 is 0 Å². The second-order valence-electron chi connectivity index (χ2n) is 10.2. The lowest BCUT2D eigenvalue weighted by atomic mass is 10.0. The minimum absolute atomic E-state index is 0.124. The highest BCUT2D eigenvalue weighted by Gasteiger charge is 2.46. The molecule has 1 fully saturated rings. The van der Waals surface area contributed by atoms with E-state index >= 15 is 0 Å². The molecule has 1 aliphatic rings. The van der Waals surface area contributed by atoms with Gasteiger partial charge in [0.05, 0.1) is 11.7 Å². The summed E-state index contributed by atoms with van der Waals surface area (Å²) in [5.41, 5.74) is 7.10. The Morgan fingerprint density at radius 1 is 0.719 bits per heavy atom. The lowest BCUT2D eigenvalue weighted by Crippen LogP contribution is -2.02. The summed E-state index contributed by atoms with van der Waals surface area (Å²) in [5, 5.41) is 0. The Morgan fingerprint density at radius 3 is 1.69 bits per heavy atom. The summed E-state index contributed by atoms with van der Waals surface area (Å²) in [4.78, 5) is 0. The Hall–Kier alpha value is -1.78. The van der Waals surface area contributed by atoms with Crippen molar-refractivity contribution in [3.63, 3.8) is 0 Å². The monoisotopic (exact) mass is 436 g/mol. The fraction of sp³-hybridized carbons (Fsp3) is 0.613. The molecule has 1 rings (SSSR count). The third-order valence-electron chi connectivity index (χ3n) is 6.23. The van der Waals surface area contributed by atoms with Gasteiger partial charge in [0.25, 0.3) is 0 Å². The second kappa shape index (κ2) is 15.1. The van der Waals surface area contributed by atoms with Crippen LogP contribution in [0.4, 0.5) is 0 Å². The molecule has 1 heterocycles. The van der Waals surface area contributed by atoms with Gasteiger partial charge in [-0.2, -0.15) is 0 Å².